The van der Waals surface area contributed by atoms with Crippen LogP contribution in [0.1, 0.15) is 179 Å². The average Bonchev–Trinajstić information content (AvgIpc) is 0.894. The number of pyridine rings is 1. The van der Waals surface area contributed by atoms with Crippen LogP contribution in [0.3, 0.4) is 0 Å². The van der Waals surface area contributed by atoms with Crippen LogP contribution in [0.15, 0.2) is 152 Å². The van der Waals surface area contributed by atoms with Crippen LogP contribution in [0, 0.1) is 12.9 Å². The van der Waals surface area contributed by atoms with Crippen LogP contribution in [0.2, 0.25) is 0 Å². The molecular weight excluding hydrogens is 1130 g/mol. The number of phenolic OH excluding ortho intramolecular Hbond substituents is 1. The number of aromatic nitrogens is 3. The molecule has 0 spiro atoms. The summed E-state index contributed by atoms with van der Waals surface area (Å²) in [7, 11) is 0. The summed E-state index contributed by atoms with van der Waals surface area (Å²) in [4.78, 5) is 10.4. The largest absolute Gasteiger partial charge is 0.507 e. The van der Waals surface area contributed by atoms with Crippen molar-refractivity contribution in [3.63, 3.8) is 0 Å². The van der Waals surface area contributed by atoms with E-state index in [0.717, 1.165) is 53.5 Å². The molecule has 0 aliphatic heterocycles. The third kappa shape index (κ3) is 11.0. The molecule has 0 amide bonds. The summed E-state index contributed by atoms with van der Waals surface area (Å²) < 4.78 is 105. The zero-order valence-corrected chi connectivity index (χ0v) is 49.6. The van der Waals surface area contributed by atoms with Gasteiger partial charge in [0.1, 0.15) is 11.6 Å². The molecule has 2 aromatic heterocycles. The molecule has 0 aliphatic rings. The predicted molar refractivity (Wildman–Crippen MR) is 329 cm³/mol. The van der Waals surface area contributed by atoms with E-state index in [2.05, 4.69) is 119 Å². The second-order valence-electron chi connectivity index (χ2n) is 23.7. The molecule has 0 saturated carbocycles. The van der Waals surface area contributed by atoms with Gasteiger partial charge in [0, 0.05) is 55.0 Å². The van der Waals surface area contributed by atoms with Gasteiger partial charge in [0.25, 0.3) is 0 Å². The molecule has 2 heterocycles. The number of benzene rings is 7. The zero-order chi connectivity index (χ0) is 65.4. The number of aromatic hydroxyl groups is 1. The summed E-state index contributed by atoms with van der Waals surface area (Å²) in [6.07, 6.45) is 5.17. The van der Waals surface area contributed by atoms with Gasteiger partial charge in [0.2, 0.25) is 0 Å². The monoisotopic (exact) mass is 1220 g/mol. The van der Waals surface area contributed by atoms with Crippen molar-refractivity contribution in [1.82, 2.24) is 14.5 Å². The second kappa shape index (κ2) is 22.1. The molecule has 0 saturated heterocycles. The van der Waals surface area contributed by atoms with Gasteiger partial charge in [-0.3, -0.25) is 9.55 Å². The van der Waals surface area contributed by atoms with E-state index < -0.39 is 38.2 Å². The maximum absolute atomic E-state index is 12.8. The van der Waals surface area contributed by atoms with Crippen LogP contribution in [-0.4, -0.2) is 19.6 Å². The Morgan fingerprint density at radius 3 is 1.74 bits per heavy atom. The first-order chi connectivity index (χ1) is 41.4. The Labute approximate surface area is 499 Å². The first-order valence-electron chi connectivity index (χ1n) is 33.3. The number of nitrogens with zero attached hydrogens (tertiary/aromatic N) is 3. The van der Waals surface area contributed by atoms with Crippen molar-refractivity contribution in [3.8, 4) is 78.6 Å². The molecule has 0 atom stereocenters. The molecule has 9 rings (SSSR count). The molecule has 1 N–H and O–H groups in total. The molecule has 9 aromatic rings. The zero-order valence-electron chi connectivity index (χ0n) is 59.4. The molecule has 7 aromatic carbocycles. The fraction of sp³-hybridized carbons (Fsp3) is 0.342. The summed E-state index contributed by atoms with van der Waals surface area (Å²) in [6.45, 7) is 13.2. The van der Waals surface area contributed by atoms with Crippen molar-refractivity contribution in [2.45, 2.75) is 163 Å². The van der Waals surface area contributed by atoms with Gasteiger partial charge < -0.3 is 5.11 Å². The molecule has 4 nitrogen and oxygen atoms in total. The van der Waals surface area contributed by atoms with E-state index in [1.54, 1.807) is 12.3 Å². The molecular formula is C73H82N3OPt-. The Kier molecular flexibility index (Phi) is 12.3. The van der Waals surface area contributed by atoms with Crippen molar-refractivity contribution in [2.24, 2.45) is 0 Å². The van der Waals surface area contributed by atoms with Crippen LogP contribution >= 0.6 is 0 Å². The number of rotatable bonds is 13. The normalized spacial score (nSPS) is 15.4. The van der Waals surface area contributed by atoms with Gasteiger partial charge >= 0.3 is 0 Å². The van der Waals surface area contributed by atoms with E-state index in [0.29, 0.717) is 67.2 Å². The van der Waals surface area contributed by atoms with E-state index >= 15 is 0 Å². The average molecular weight is 1220 g/mol. The van der Waals surface area contributed by atoms with E-state index in [1.807, 2.05) is 89.5 Å². The van der Waals surface area contributed by atoms with Gasteiger partial charge in [-0.15, -0.1) is 23.8 Å². The Morgan fingerprint density at radius 2 is 1.14 bits per heavy atom. The fourth-order valence-corrected chi connectivity index (χ4v) is 10.9. The molecule has 0 fully saturated rings. The Bertz CT molecular complexity index is 4010. The Morgan fingerprint density at radius 1 is 0.526 bits per heavy atom. The van der Waals surface area contributed by atoms with Gasteiger partial charge in [-0.2, -0.15) is 0 Å². The standard InChI is InChI=1S/C73H82N3O.Pt/c1-17-72(15,18-2)59-29-25-30-60(73(16,19-3)20-4)65(59)51-34-37-63(47(5)40-51)76-64-31-24-28-57(66(64)75-68(76)58-45-56(70(9,10)11)46-61(67(58)77)71(12,13)14)53-41-52(48-26-22-21-23-27-48)42-54(43-53)62-44-50(38-39-74-62)49-32-35-55(36-33-49)69(6,7)8;/h21-42,44-46,77H,17-20H2,1-16H3;/q-1;/i5D3,6D3,7D3,8D3;. The fourth-order valence-electron chi connectivity index (χ4n) is 10.9. The molecule has 0 aliphatic carbocycles. The molecule has 0 bridgehead atoms. The first-order valence-corrected chi connectivity index (χ1v) is 27.3. The van der Waals surface area contributed by atoms with Gasteiger partial charge in [0.15, 0.2) is 0 Å². The van der Waals surface area contributed by atoms with Crippen LogP contribution in [0.4, 0.5) is 0 Å². The maximum Gasteiger partial charge on any atom is 0.148 e. The van der Waals surface area contributed by atoms with E-state index in [9.17, 15) is 9.22 Å². The van der Waals surface area contributed by atoms with Crippen LogP contribution in [0.5, 0.6) is 5.75 Å². The number of hydrogen-bond acceptors (Lipinski definition) is 3. The van der Waals surface area contributed by atoms with Crippen molar-refractivity contribution in [3.05, 3.63) is 191 Å². The van der Waals surface area contributed by atoms with Gasteiger partial charge in [-0.1, -0.05) is 223 Å². The third-order valence-electron chi connectivity index (χ3n) is 16.7. The Balaban J connectivity index is 0.0000105. The minimum absolute atomic E-state index is 0. The van der Waals surface area contributed by atoms with Gasteiger partial charge in [0.05, 0.1) is 22.3 Å². The van der Waals surface area contributed by atoms with Crippen LogP contribution in [-0.2, 0) is 48.1 Å². The van der Waals surface area contributed by atoms with Crippen molar-refractivity contribution in [1.29, 1.82) is 0 Å². The molecule has 5 heteroatoms. The predicted octanol–water partition coefficient (Wildman–Crippen LogP) is 20.3. The van der Waals surface area contributed by atoms with E-state index in [4.69, 9.17) is 22.3 Å². The minimum Gasteiger partial charge on any atom is -0.507 e. The SMILES string of the molecule is [2H]C([2H])([2H])c1cc(-c2c(C(C)(CC)CC)cccc2C(C)(CC)CC)ccc1-n1c(-c2cc(C(C)(C)C)cc(C(C)(C)C)c2O)nc2c(-c3[c-]c(-c4cc(-c5ccc(C(C([2H])([2H])[2H])(C([2H])([2H])[2H])C([2H])([2H])[2H])cc5)ccn4)cc(-c4ccccc4)c3)cccc21.[Pt]. The van der Waals surface area contributed by atoms with Crippen LogP contribution < -0.4 is 0 Å². The summed E-state index contributed by atoms with van der Waals surface area (Å²) >= 11 is 0. The Hall–Kier alpha value is -6.35. The number of phenols is 1. The second-order valence-corrected chi connectivity index (χ2v) is 23.7. The molecule has 0 unspecified atom stereocenters. The molecule has 0 radical (unpaired) electrons. The van der Waals surface area contributed by atoms with Crippen molar-refractivity contribution in [2.75, 3.05) is 0 Å². The minimum atomic E-state index is -3.41. The van der Waals surface area contributed by atoms with E-state index in [-0.39, 0.29) is 54.2 Å². The van der Waals surface area contributed by atoms with Crippen molar-refractivity contribution >= 4 is 11.0 Å². The number of para-hydroxylation sites is 1. The molecule has 406 valence electrons. The topological polar surface area (TPSA) is 50.9 Å². The van der Waals surface area contributed by atoms with Gasteiger partial charge in [-0.25, -0.2) is 4.98 Å². The smallest absolute Gasteiger partial charge is 0.148 e. The summed E-state index contributed by atoms with van der Waals surface area (Å²) in [5.74, 6) is 0.390. The van der Waals surface area contributed by atoms with E-state index in [1.165, 1.54) is 35.4 Å². The quantitative estimate of drug-likeness (QED) is 0.117. The summed E-state index contributed by atoms with van der Waals surface area (Å²) in [5, 5.41) is 12.8. The molecule has 78 heavy (non-hydrogen) atoms. The summed E-state index contributed by atoms with van der Waals surface area (Å²) in [5.41, 5.74) is 8.51. The number of hydrogen-bond donors (Lipinski definition) is 1. The maximum atomic E-state index is 12.8. The first kappa shape index (κ1) is 43.5. The third-order valence-corrected chi connectivity index (χ3v) is 16.7. The van der Waals surface area contributed by atoms with Crippen LogP contribution in [0.25, 0.3) is 83.9 Å². The number of fused-ring (bicyclic) bond motifs is 1. The van der Waals surface area contributed by atoms with Crippen molar-refractivity contribution < 1.29 is 42.6 Å². The summed E-state index contributed by atoms with van der Waals surface area (Å²) in [6, 6.07) is 49.1. The number of imidazole rings is 1. The van der Waals surface area contributed by atoms with Gasteiger partial charge in [-0.05, 0) is 146 Å². The number of aryl methyl sites for hydroxylation is 1.